The second-order valence-electron chi connectivity index (χ2n) is 14.0. The number of alkyl halides is 1. The molecule has 5 heterocycles. The lowest BCUT2D eigenvalue weighted by Crippen LogP contribution is -2.43. The highest BCUT2D eigenvalue weighted by Gasteiger charge is 2.49. The first-order chi connectivity index (χ1) is 24.7. The normalized spacial score (nSPS) is 22.2. The van der Waals surface area contributed by atoms with Crippen LogP contribution in [0, 0.1) is 5.82 Å². The molecule has 51 heavy (non-hydrogen) atoms. The van der Waals surface area contributed by atoms with Gasteiger partial charge in [-0.1, -0.05) is 48.0 Å². The molecule has 1 amide bonds. The molecule has 0 unspecified atom stereocenters. The summed E-state index contributed by atoms with van der Waals surface area (Å²) in [6.45, 7) is 4.50. The molecule has 0 spiro atoms. The van der Waals surface area contributed by atoms with Crippen LogP contribution in [0.2, 0.25) is 5.02 Å². The van der Waals surface area contributed by atoms with E-state index in [2.05, 4.69) is 19.8 Å². The number of benzene rings is 2. The highest BCUT2D eigenvalue weighted by molar-refractivity contribution is 6.36. The molecule has 3 fully saturated rings. The molecule has 3 aliphatic rings. The molecule has 0 bridgehead atoms. The van der Waals surface area contributed by atoms with Gasteiger partial charge in [-0.15, -0.1) is 0 Å². The summed E-state index contributed by atoms with van der Waals surface area (Å²) < 4.78 is 42.8. The minimum Gasteiger partial charge on any atom is -0.461 e. The minimum absolute atomic E-state index is 0.0198. The van der Waals surface area contributed by atoms with Crippen molar-refractivity contribution in [1.29, 1.82) is 0 Å². The molecule has 0 saturated carbocycles. The standard InChI is InChI=1S/C38H44ClF2N7O3/c1-45(18-19-50-3)15-6-12-31(49)47-17-13-27(23-47)46(2)36-29-21-42-34(28-10-4-8-25-9-5-11-30(39)32(25)28)33(41)35(29)43-37(44-36)51-24-38-14-7-16-48(38)22-26(40)20-38/h4-6,8-12,21,26-27H,7,13-20,22-24H2,1-3H3/b12-6+/t26-,27-,38+/m1/s1. The lowest BCUT2D eigenvalue weighted by molar-refractivity contribution is -0.125. The summed E-state index contributed by atoms with van der Waals surface area (Å²) in [5.74, 6) is -0.220. The Labute approximate surface area is 302 Å². The Balaban J connectivity index is 1.20. The first-order valence-corrected chi connectivity index (χ1v) is 18.0. The summed E-state index contributed by atoms with van der Waals surface area (Å²) >= 11 is 6.63. The van der Waals surface area contributed by atoms with Gasteiger partial charge in [0.25, 0.3) is 0 Å². The Morgan fingerprint density at radius 2 is 1.98 bits per heavy atom. The zero-order valence-corrected chi connectivity index (χ0v) is 30.1. The molecule has 2 aromatic carbocycles. The highest BCUT2D eigenvalue weighted by Crippen LogP contribution is 2.41. The molecule has 3 aliphatic heterocycles. The number of fused-ring (bicyclic) bond motifs is 3. The van der Waals surface area contributed by atoms with E-state index in [1.54, 1.807) is 31.5 Å². The maximum absolute atomic E-state index is 16.8. The summed E-state index contributed by atoms with van der Waals surface area (Å²) in [5.41, 5.74) is 0.312. The van der Waals surface area contributed by atoms with Gasteiger partial charge in [-0.05, 0) is 44.3 Å². The summed E-state index contributed by atoms with van der Waals surface area (Å²) in [4.78, 5) is 35.2. The lowest BCUT2D eigenvalue weighted by atomic mass is 9.95. The van der Waals surface area contributed by atoms with Crippen LogP contribution in [0.15, 0.2) is 54.7 Å². The number of pyridine rings is 1. The smallest absolute Gasteiger partial charge is 0.319 e. The van der Waals surface area contributed by atoms with E-state index >= 15 is 4.39 Å². The molecule has 10 nitrogen and oxygen atoms in total. The molecule has 13 heteroatoms. The fourth-order valence-electron chi connectivity index (χ4n) is 7.89. The van der Waals surface area contributed by atoms with Crippen LogP contribution in [0.3, 0.4) is 0 Å². The number of aromatic nitrogens is 3. The van der Waals surface area contributed by atoms with Crippen molar-refractivity contribution in [2.45, 2.75) is 43.4 Å². The second kappa shape index (κ2) is 14.9. The number of likely N-dealkylation sites (tertiary alicyclic amines) is 1. The second-order valence-corrected chi connectivity index (χ2v) is 14.4. The van der Waals surface area contributed by atoms with Gasteiger partial charge in [-0.25, -0.2) is 8.78 Å². The van der Waals surface area contributed by atoms with Crippen molar-refractivity contribution in [3.05, 3.63) is 65.6 Å². The first kappa shape index (κ1) is 35.4. The molecule has 7 rings (SSSR count). The van der Waals surface area contributed by atoms with E-state index in [1.807, 2.05) is 54.2 Å². The number of rotatable bonds is 12. The van der Waals surface area contributed by atoms with Crippen LogP contribution >= 0.6 is 11.6 Å². The number of anilines is 1. The van der Waals surface area contributed by atoms with E-state index in [9.17, 15) is 9.18 Å². The van der Waals surface area contributed by atoms with Gasteiger partial charge in [0.2, 0.25) is 5.91 Å². The van der Waals surface area contributed by atoms with Gasteiger partial charge in [-0.2, -0.15) is 9.97 Å². The van der Waals surface area contributed by atoms with Crippen LogP contribution < -0.4 is 9.64 Å². The number of carbonyl (C=O) groups excluding carboxylic acids is 1. The number of hydrogen-bond acceptors (Lipinski definition) is 9. The molecule has 3 saturated heterocycles. The van der Waals surface area contributed by atoms with Gasteiger partial charge in [-0.3, -0.25) is 14.7 Å². The van der Waals surface area contributed by atoms with Crippen molar-refractivity contribution in [1.82, 2.24) is 29.7 Å². The summed E-state index contributed by atoms with van der Waals surface area (Å²) in [7, 11) is 5.54. The zero-order valence-electron chi connectivity index (χ0n) is 29.3. The predicted octanol–water partition coefficient (Wildman–Crippen LogP) is 5.76. The Kier molecular flexibility index (Phi) is 10.4. The van der Waals surface area contributed by atoms with E-state index in [-0.39, 0.29) is 35.8 Å². The fraction of sp³-hybridized carbons (Fsp3) is 0.474. The van der Waals surface area contributed by atoms with E-state index in [1.165, 1.54) is 0 Å². The number of halogens is 3. The summed E-state index contributed by atoms with van der Waals surface area (Å²) in [5, 5.41) is 2.48. The Bertz CT molecular complexity index is 1940. The van der Waals surface area contributed by atoms with Gasteiger partial charge in [0.1, 0.15) is 29.8 Å². The Hall–Kier alpha value is -3.97. The van der Waals surface area contributed by atoms with Gasteiger partial charge in [0.05, 0.1) is 17.5 Å². The molecule has 3 atom stereocenters. The first-order valence-electron chi connectivity index (χ1n) is 17.6. The quantitative estimate of drug-likeness (QED) is 0.170. The number of methoxy groups -OCH3 is 1. The Morgan fingerprint density at radius 3 is 2.80 bits per heavy atom. The number of nitrogens with zero attached hydrogens (tertiary/aromatic N) is 7. The van der Waals surface area contributed by atoms with Crippen LogP contribution in [-0.4, -0.2) is 127 Å². The molecule has 0 aliphatic carbocycles. The van der Waals surface area contributed by atoms with Gasteiger partial charge in [0.15, 0.2) is 5.82 Å². The average molecular weight is 720 g/mol. The summed E-state index contributed by atoms with van der Waals surface area (Å²) in [6, 6.07) is 11.1. The molecule has 2 aromatic heterocycles. The Morgan fingerprint density at radius 1 is 1.16 bits per heavy atom. The zero-order chi connectivity index (χ0) is 35.7. The van der Waals surface area contributed by atoms with Crippen LogP contribution in [0.5, 0.6) is 6.01 Å². The van der Waals surface area contributed by atoms with Crippen molar-refractivity contribution in [3.63, 3.8) is 0 Å². The van der Waals surface area contributed by atoms with Crippen molar-refractivity contribution < 1.29 is 23.0 Å². The summed E-state index contributed by atoms with van der Waals surface area (Å²) in [6.07, 6.45) is 7.05. The third-order valence-corrected chi connectivity index (χ3v) is 11.0. The molecule has 0 radical (unpaired) electrons. The van der Waals surface area contributed by atoms with E-state index < -0.39 is 17.5 Å². The fourth-order valence-corrected chi connectivity index (χ4v) is 8.18. The van der Waals surface area contributed by atoms with E-state index in [0.717, 1.165) is 31.3 Å². The third kappa shape index (κ3) is 7.11. The SMILES string of the molecule is COCCN(C)C/C=C/C(=O)N1CC[C@@H](N(C)c2nc(OC[C@@]34CCCN3C[C@H](F)C4)nc3c(F)c(-c4cccc5cccc(Cl)c45)ncc23)C1. The van der Waals surface area contributed by atoms with Gasteiger partial charge in [0, 0.05) is 87.6 Å². The van der Waals surface area contributed by atoms with Gasteiger partial charge < -0.3 is 24.2 Å². The minimum atomic E-state index is -0.911. The van der Waals surface area contributed by atoms with Crippen molar-refractivity contribution in [3.8, 4) is 17.3 Å². The van der Waals surface area contributed by atoms with Crippen molar-refractivity contribution in [2.24, 2.45) is 0 Å². The van der Waals surface area contributed by atoms with Crippen LogP contribution in [0.1, 0.15) is 25.7 Å². The van der Waals surface area contributed by atoms with E-state index in [4.69, 9.17) is 26.1 Å². The van der Waals surface area contributed by atoms with Crippen LogP contribution in [-0.2, 0) is 9.53 Å². The third-order valence-electron chi connectivity index (χ3n) is 10.7. The number of ether oxygens (including phenoxy) is 2. The number of amides is 1. The van der Waals surface area contributed by atoms with Crippen molar-refractivity contribution >= 4 is 45.0 Å². The molecule has 4 aromatic rings. The van der Waals surface area contributed by atoms with Crippen LogP contribution in [0.25, 0.3) is 32.9 Å². The molecule has 0 N–H and O–H groups in total. The van der Waals surface area contributed by atoms with Crippen molar-refractivity contribution in [2.75, 3.05) is 78.6 Å². The lowest BCUT2D eigenvalue weighted by Gasteiger charge is -2.31. The number of carbonyl (C=O) groups is 1. The predicted molar refractivity (Wildman–Crippen MR) is 196 cm³/mol. The average Bonchev–Trinajstić information content (AvgIpc) is 3.84. The highest BCUT2D eigenvalue weighted by atomic mass is 35.5. The molecular formula is C38H44ClF2N7O3. The number of likely N-dealkylation sites (N-methyl/N-ethyl adjacent to an activating group) is 2. The van der Waals surface area contributed by atoms with Crippen LogP contribution in [0.4, 0.5) is 14.6 Å². The van der Waals surface area contributed by atoms with Gasteiger partial charge >= 0.3 is 6.01 Å². The maximum Gasteiger partial charge on any atom is 0.319 e. The maximum atomic E-state index is 16.8. The molecule has 270 valence electrons. The monoisotopic (exact) mass is 719 g/mol. The topological polar surface area (TPSA) is 87.2 Å². The molecular weight excluding hydrogens is 676 g/mol. The van der Waals surface area contributed by atoms with E-state index in [0.29, 0.717) is 72.8 Å². The number of hydrogen-bond donors (Lipinski definition) is 0. The largest absolute Gasteiger partial charge is 0.461 e.